The smallest absolute Gasteiger partial charge is 0.183 e. The first kappa shape index (κ1) is 15.5. The van der Waals surface area contributed by atoms with Gasteiger partial charge >= 0.3 is 0 Å². The fourth-order valence-electron chi connectivity index (χ4n) is 1.43. The zero-order chi connectivity index (χ0) is 13.6. The van der Waals surface area contributed by atoms with Crippen molar-refractivity contribution in [3.63, 3.8) is 0 Å². The Morgan fingerprint density at radius 3 is 2.22 bits per heavy atom. The van der Waals surface area contributed by atoms with E-state index in [0.29, 0.717) is 5.75 Å². The summed E-state index contributed by atoms with van der Waals surface area (Å²) in [7, 11) is 3.24. The third-order valence-corrected chi connectivity index (χ3v) is 4.26. The number of methoxy groups -OCH3 is 2. The quantitative estimate of drug-likeness (QED) is 0.610. The zero-order valence-electron chi connectivity index (χ0n) is 11.5. The molecule has 0 fully saturated rings. The summed E-state index contributed by atoms with van der Waals surface area (Å²) < 4.78 is 10.4. The van der Waals surface area contributed by atoms with Crippen LogP contribution in [0, 0.1) is 0 Å². The van der Waals surface area contributed by atoms with E-state index in [1.54, 1.807) is 26.0 Å². The van der Waals surface area contributed by atoms with Crippen molar-refractivity contribution in [2.75, 3.05) is 20.0 Å². The van der Waals surface area contributed by atoms with Gasteiger partial charge in [-0.3, -0.25) is 0 Å². The van der Waals surface area contributed by atoms with Gasteiger partial charge in [-0.2, -0.15) is 0 Å². The molecule has 1 aromatic rings. The monoisotopic (exact) mass is 270 g/mol. The maximum Gasteiger partial charge on any atom is 0.183 e. The molecular weight excluding hydrogens is 248 g/mol. The molecule has 0 saturated carbocycles. The van der Waals surface area contributed by atoms with Crippen molar-refractivity contribution in [2.24, 2.45) is 0 Å². The number of hydrogen-bond donors (Lipinski definition) is 1. The average molecular weight is 270 g/mol. The van der Waals surface area contributed by atoms with Gasteiger partial charge in [-0.1, -0.05) is 19.1 Å². The molecule has 0 aliphatic rings. The van der Waals surface area contributed by atoms with Crippen molar-refractivity contribution in [1.29, 1.82) is 0 Å². The summed E-state index contributed by atoms with van der Waals surface area (Å²) in [4.78, 5) is 1.14. The Morgan fingerprint density at radius 2 is 1.78 bits per heavy atom. The predicted octanol–water partition coefficient (Wildman–Crippen LogP) is 3.23. The minimum absolute atomic E-state index is 0.317. The van der Waals surface area contributed by atoms with Gasteiger partial charge in [0.25, 0.3) is 0 Å². The maximum absolute atomic E-state index is 9.94. The normalized spacial score (nSPS) is 14.8. The first-order chi connectivity index (χ1) is 8.52. The Labute approximate surface area is 113 Å². The molecule has 0 radical (unpaired) electrons. The topological polar surface area (TPSA) is 38.7 Å². The Kier molecular flexibility index (Phi) is 6.15. The fourth-order valence-corrected chi connectivity index (χ4v) is 2.44. The van der Waals surface area contributed by atoms with Crippen LogP contribution in [0.2, 0.25) is 0 Å². The summed E-state index contributed by atoms with van der Waals surface area (Å²) in [6.07, 6.45) is 0.441. The molecule has 1 atom stereocenters. The molecule has 1 aromatic carbocycles. The van der Waals surface area contributed by atoms with Gasteiger partial charge in [0.05, 0.1) is 5.60 Å². The second-order valence-corrected chi connectivity index (χ2v) is 5.56. The van der Waals surface area contributed by atoms with E-state index >= 15 is 0 Å². The standard InChI is InChI=1S/C14H22O3S/c1-5-14(2,15)10-18-12-8-6-11(7-9-12)13(16-3)17-4/h6-9,13,15H,5,10H2,1-4H3. The highest BCUT2D eigenvalue weighted by Gasteiger charge is 2.17. The summed E-state index contributed by atoms with van der Waals surface area (Å²) in [6, 6.07) is 8.02. The van der Waals surface area contributed by atoms with Gasteiger partial charge in [0.1, 0.15) is 0 Å². The minimum Gasteiger partial charge on any atom is -0.389 e. The van der Waals surface area contributed by atoms with E-state index in [9.17, 15) is 5.11 Å². The molecule has 0 amide bonds. The Morgan fingerprint density at radius 1 is 1.22 bits per heavy atom. The molecule has 102 valence electrons. The summed E-state index contributed by atoms with van der Waals surface area (Å²) in [6.45, 7) is 3.85. The van der Waals surface area contributed by atoms with Crippen LogP contribution in [0.5, 0.6) is 0 Å². The molecule has 0 aromatic heterocycles. The second-order valence-electron chi connectivity index (χ2n) is 4.51. The number of benzene rings is 1. The number of aliphatic hydroxyl groups is 1. The van der Waals surface area contributed by atoms with E-state index < -0.39 is 5.60 Å². The molecule has 1 N–H and O–H groups in total. The summed E-state index contributed by atoms with van der Waals surface area (Å²) in [5, 5.41) is 9.94. The maximum atomic E-state index is 9.94. The van der Waals surface area contributed by atoms with E-state index in [2.05, 4.69) is 0 Å². The first-order valence-electron chi connectivity index (χ1n) is 6.03. The highest BCUT2D eigenvalue weighted by atomic mass is 32.2. The van der Waals surface area contributed by atoms with Gasteiger partial charge in [-0.25, -0.2) is 0 Å². The molecule has 0 aliphatic carbocycles. The van der Waals surface area contributed by atoms with Gasteiger partial charge in [-0.15, -0.1) is 11.8 Å². The summed E-state index contributed by atoms with van der Waals surface area (Å²) in [5.41, 5.74) is 0.386. The molecule has 0 bridgehead atoms. The second kappa shape index (κ2) is 7.14. The van der Waals surface area contributed by atoms with Crippen molar-refractivity contribution < 1.29 is 14.6 Å². The Balaban J connectivity index is 2.60. The Bertz CT molecular complexity index is 345. The molecule has 4 heteroatoms. The van der Waals surface area contributed by atoms with Crippen LogP contribution in [-0.4, -0.2) is 30.7 Å². The van der Waals surface area contributed by atoms with Crippen LogP contribution in [0.4, 0.5) is 0 Å². The molecule has 18 heavy (non-hydrogen) atoms. The molecule has 0 heterocycles. The third-order valence-electron chi connectivity index (χ3n) is 2.89. The number of thioether (sulfide) groups is 1. The van der Waals surface area contributed by atoms with E-state index in [1.165, 1.54) is 0 Å². The van der Waals surface area contributed by atoms with Crippen molar-refractivity contribution in [1.82, 2.24) is 0 Å². The molecule has 0 saturated heterocycles. The van der Waals surface area contributed by atoms with Crippen LogP contribution in [0.3, 0.4) is 0 Å². The van der Waals surface area contributed by atoms with E-state index in [-0.39, 0.29) is 6.29 Å². The van der Waals surface area contributed by atoms with Crippen LogP contribution in [0.25, 0.3) is 0 Å². The summed E-state index contributed by atoms with van der Waals surface area (Å²) in [5.74, 6) is 0.695. The van der Waals surface area contributed by atoms with Gasteiger partial charge in [0.15, 0.2) is 6.29 Å². The Hall–Kier alpha value is -0.550. The molecular formula is C14H22O3S. The van der Waals surface area contributed by atoms with Crippen LogP contribution in [-0.2, 0) is 9.47 Å². The molecule has 0 aliphatic heterocycles. The lowest BCUT2D eigenvalue weighted by Gasteiger charge is -2.20. The lowest BCUT2D eigenvalue weighted by Crippen LogP contribution is -2.25. The van der Waals surface area contributed by atoms with Crippen molar-refractivity contribution in [3.05, 3.63) is 29.8 Å². The van der Waals surface area contributed by atoms with Crippen LogP contribution >= 0.6 is 11.8 Å². The molecule has 0 spiro atoms. The van der Waals surface area contributed by atoms with Gasteiger partial charge in [-0.05, 0) is 25.5 Å². The number of rotatable bonds is 7. The highest BCUT2D eigenvalue weighted by molar-refractivity contribution is 7.99. The highest BCUT2D eigenvalue weighted by Crippen LogP contribution is 2.26. The van der Waals surface area contributed by atoms with Gasteiger partial charge in [0, 0.05) is 30.4 Å². The van der Waals surface area contributed by atoms with E-state index in [1.807, 2.05) is 38.1 Å². The van der Waals surface area contributed by atoms with Crippen molar-refractivity contribution in [3.8, 4) is 0 Å². The van der Waals surface area contributed by atoms with Gasteiger partial charge < -0.3 is 14.6 Å². The average Bonchev–Trinajstić information content (AvgIpc) is 2.39. The van der Waals surface area contributed by atoms with Crippen LogP contribution in [0.1, 0.15) is 32.1 Å². The number of ether oxygens (including phenoxy) is 2. The molecule has 3 nitrogen and oxygen atoms in total. The molecule has 1 unspecified atom stereocenters. The first-order valence-corrected chi connectivity index (χ1v) is 7.01. The SMILES string of the molecule is CCC(C)(O)CSc1ccc(C(OC)OC)cc1. The summed E-state index contributed by atoms with van der Waals surface area (Å²) >= 11 is 1.66. The van der Waals surface area contributed by atoms with Crippen molar-refractivity contribution >= 4 is 11.8 Å². The largest absolute Gasteiger partial charge is 0.389 e. The van der Waals surface area contributed by atoms with Crippen LogP contribution in [0.15, 0.2) is 29.2 Å². The number of hydrogen-bond acceptors (Lipinski definition) is 4. The fraction of sp³-hybridized carbons (Fsp3) is 0.571. The van der Waals surface area contributed by atoms with Gasteiger partial charge in [0.2, 0.25) is 0 Å². The zero-order valence-corrected chi connectivity index (χ0v) is 12.3. The van der Waals surface area contributed by atoms with Crippen LogP contribution < -0.4 is 0 Å². The van der Waals surface area contributed by atoms with E-state index in [0.717, 1.165) is 16.9 Å². The van der Waals surface area contributed by atoms with E-state index in [4.69, 9.17) is 9.47 Å². The third kappa shape index (κ3) is 4.61. The predicted molar refractivity (Wildman–Crippen MR) is 74.8 cm³/mol. The minimum atomic E-state index is -0.606. The lowest BCUT2D eigenvalue weighted by molar-refractivity contribution is -0.106. The lowest BCUT2D eigenvalue weighted by atomic mass is 10.1. The van der Waals surface area contributed by atoms with Crippen molar-refractivity contribution in [2.45, 2.75) is 37.1 Å². The molecule has 1 rings (SSSR count).